The van der Waals surface area contributed by atoms with Gasteiger partial charge in [0, 0.05) is 12.6 Å². The van der Waals surface area contributed by atoms with Crippen LogP contribution < -0.4 is 4.90 Å². The van der Waals surface area contributed by atoms with Crippen LogP contribution in [-0.4, -0.2) is 42.3 Å². The number of hydrogen-bond acceptors (Lipinski definition) is 6. The fraction of sp³-hybridized carbons (Fsp3) is 0.583. The normalized spacial score (nSPS) is 14.5. The molecule has 2 aromatic heterocycles. The third-order valence-electron chi connectivity index (χ3n) is 3.21. The van der Waals surface area contributed by atoms with Gasteiger partial charge in [-0.1, -0.05) is 13.3 Å². The Morgan fingerprint density at radius 2 is 2.20 bits per heavy atom. The van der Waals surface area contributed by atoms with E-state index in [-0.39, 0.29) is 5.28 Å². The second-order valence-corrected chi connectivity index (χ2v) is 5.16. The number of halogens is 1. The number of unbranched alkanes of at least 4 members (excludes halogenated alkanes) is 1. The van der Waals surface area contributed by atoms with Gasteiger partial charge >= 0.3 is 0 Å². The van der Waals surface area contributed by atoms with Crippen LogP contribution >= 0.6 is 11.6 Å². The van der Waals surface area contributed by atoms with Crippen molar-refractivity contribution in [2.75, 3.05) is 11.4 Å². The van der Waals surface area contributed by atoms with E-state index in [0.717, 1.165) is 19.4 Å². The average molecular weight is 294 g/mol. The summed E-state index contributed by atoms with van der Waals surface area (Å²) in [6.45, 7) is 3.12. The Kier molecular flexibility index (Phi) is 3.77. The third-order valence-corrected chi connectivity index (χ3v) is 3.37. The van der Waals surface area contributed by atoms with E-state index in [1.807, 2.05) is 0 Å². The molecule has 1 aliphatic rings. The van der Waals surface area contributed by atoms with Gasteiger partial charge in [-0.3, -0.25) is 0 Å². The lowest BCUT2D eigenvalue weighted by Gasteiger charge is -2.22. The summed E-state index contributed by atoms with van der Waals surface area (Å²) < 4.78 is 1.49. The van der Waals surface area contributed by atoms with Crippen LogP contribution in [0.5, 0.6) is 0 Å². The zero-order valence-corrected chi connectivity index (χ0v) is 12.0. The van der Waals surface area contributed by atoms with E-state index in [2.05, 4.69) is 36.9 Å². The summed E-state index contributed by atoms with van der Waals surface area (Å²) in [6.07, 6.45) is 7.60. The van der Waals surface area contributed by atoms with Crippen LogP contribution in [0, 0.1) is 0 Å². The molecule has 0 N–H and O–H groups in total. The molecule has 0 atom stereocenters. The minimum atomic E-state index is 0.183. The van der Waals surface area contributed by atoms with Gasteiger partial charge in [0.1, 0.15) is 12.7 Å². The van der Waals surface area contributed by atoms with Gasteiger partial charge in [0.25, 0.3) is 5.95 Å². The van der Waals surface area contributed by atoms with E-state index in [1.165, 1.54) is 23.9 Å². The molecule has 3 rings (SSSR count). The van der Waals surface area contributed by atoms with Crippen molar-refractivity contribution in [2.24, 2.45) is 0 Å². The molecule has 1 aliphatic carbocycles. The van der Waals surface area contributed by atoms with Gasteiger partial charge in [-0.25, -0.2) is 4.98 Å². The summed E-state index contributed by atoms with van der Waals surface area (Å²) in [5, 5.41) is 4.21. The Hall–Kier alpha value is -1.76. The van der Waals surface area contributed by atoms with Crippen molar-refractivity contribution in [1.82, 2.24) is 29.7 Å². The Morgan fingerprint density at radius 3 is 2.85 bits per heavy atom. The fourth-order valence-corrected chi connectivity index (χ4v) is 2.18. The Balaban J connectivity index is 1.91. The second-order valence-electron chi connectivity index (χ2n) is 4.82. The molecule has 0 unspecified atom stereocenters. The molecule has 1 saturated carbocycles. The first-order chi connectivity index (χ1) is 9.78. The lowest BCUT2D eigenvalue weighted by atomic mass is 10.3. The first-order valence-electron chi connectivity index (χ1n) is 6.81. The molecule has 20 heavy (non-hydrogen) atoms. The van der Waals surface area contributed by atoms with Crippen molar-refractivity contribution in [3.05, 3.63) is 17.9 Å². The van der Waals surface area contributed by atoms with Crippen LogP contribution in [0.15, 0.2) is 12.7 Å². The van der Waals surface area contributed by atoms with Crippen molar-refractivity contribution in [1.29, 1.82) is 0 Å². The smallest absolute Gasteiger partial charge is 0.258 e. The van der Waals surface area contributed by atoms with Crippen LogP contribution in [-0.2, 0) is 0 Å². The summed E-state index contributed by atoms with van der Waals surface area (Å²) in [5.41, 5.74) is 0. The zero-order chi connectivity index (χ0) is 13.9. The minimum absolute atomic E-state index is 0.183. The topological polar surface area (TPSA) is 72.6 Å². The molecule has 0 spiro atoms. The number of nitrogens with zero attached hydrogens (tertiary/aromatic N) is 7. The molecule has 0 saturated heterocycles. The Bertz CT molecular complexity index is 567. The first kappa shape index (κ1) is 13.2. The summed E-state index contributed by atoms with van der Waals surface area (Å²) >= 11 is 6.02. The number of hydrogen-bond donors (Lipinski definition) is 0. The molecule has 7 nitrogen and oxygen atoms in total. The quantitative estimate of drug-likeness (QED) is 0.809. The van der Waals surface area contributed by atoms with Gasteiger partial charge < -0.3 is 4.90 Å². The molecule has 0 bridgehead atoms. The lowest BCUT2D eigenvalue weighted by Crippen LogP contribution is -2.29. The van der Waals surface area contributed by atoms with Crippen LogP contribution in [0.25, 0.3) is 5.95 Å². The highest BCUT2D eigenvalue weighted by molar-refractivity contribution is 6.28. The van der Waals surface area contributed by atoms with Crippen molar-refractivity contribution >= 4 is 17.5 Å². The van der Waals surface area contributed by atoms with Crippen molar-refractivity contribution in [3.63, 3.8) is 0 Å². The SMILES string of the molecule is CCCCN(c1nc(Cl)nc(-n2cncn2)n1)C1CC1. The predicted molar refractivity (Wildman–Crippen MR) is 75.0 cm³/mol. The van der Waals surface area contributed by atoms with E-state index < -0.39 is 0 Å². The molecule has 2 heterocycles. The lowest BCUT2D eigenvalue weighted by molar-refractivity contribution is 0.683. The van der Waals surface area contributed by atoms with Crippen LogP contribution in [0.4, 0.5) is 5.95 Å². The summed E-state index contributed by atoms with van der Waals surface area (Å²) in [6, 6.07) is 0.531. The monoisotopic (exact) mass is 293 g/mol. The minimum Gasteiger partial charge on any atom is -0.338 e. The van der Waals surface area contributed by atoms with E-state index in [4.69, 9.17) is 11.6 Å². The maximum absolute atomic E-state index is 6.02. The van der Waals surface area contributed by atoms with Gasteiger partial charge in [0.2, 0.25) is 11.2 Å². The Morgan fingerprint density at radius 1 is 1.35 bits per heavy atom. The van der Waals surface area contributed by atoms with E-state index in [1.54, 1.807) is 6.33 Å². The summed E-state index contributed by atoms with van der Waals surface area (Å²) in [5.74, 6) is 1.03. The highest BCUT2D eigenvalue weighted by Gasteiger charge is 2.31. The molecule has 2 aromatic rings. The van der Waals surface area contributed by atoms with E-state index >= 15 is 0 Å². The first-order valence-corrected chi connectivity index (χ1v) is 7.19. The molecule has 0 amide bonds. The third kappa shape index (κ3) is 2.87. The average Bonchev–Trinajstić information content (AvgIpc) is 3.12. The Labute approximate surface area is 122 Å². The van der Waals surface area contributed by atoms with Crippen LogP contribution in [0.2, 0.25) is 5.28 Å². The molecule has 0 radical (unpaired) electrons. The summed E-state index contributed by atoms with van der Waals surface area (Å²) in [7, 11) is 0. The van der Waals surface area contributed by atoms with Crippen molar-refractivity contribution in [2.45, 2.75) is 38.6 Å². The summed E-state index contributed by atoms with van der Waals surface area (Å²) in [4.78, 5) is 18.9. The van der Waals surface area contributed by atoms with E-state index in [9.17, 15) is 0 Å². The van der Waals surface area contributed by atoms with Gasteiger partial charge in [-0.2, -0.15) is 24.7 Å². The molecule has 1 fully saturated rings. The second kappa shape index (κ2) is 5.70. The molecule has 0 aliphatic heterocycles. The molecule has 8 heteroatoms. The molecule has 0 aromatic carbocycles. The maximum atomic E-state index is 6.02. The predicted octanol–water partition coefficient (Wildman–Crippen LogP) is 1.87. The van der Waals surface area contributed by atoms with Gasteiger partial charge in [0.05, 0.1) is 0 Å². The number of anilines is 1. The van der Waals surface area contributed by atoms with Crippen LogP contribution in [0.1, 0.15) is 32.6 Å². The number of rotatable bonds is 6. The van der Waals surface area contributed by atoms with Gasteiger partial charge in [-0.05, 0) is 30.9 Å². The largest absolute Gasteiger partial charge is 0.338 e. The molecule has 106 valence electrons. The standard InChI is InChI=1S/C12H16ClN7/c1-2-3-6-19(9-4-5-9)11-16-10(13)17-12(18-11)20-8-14-7-15-20/h7-9H,2-6H2,1H3. The van der Waals surface area contributed by atoms with Crippen LogP contribution in [0.3, 0.4) is 0 Å². The molecular weight excluding hydrogens is 278 g/mol. The molecular formula is C12H16ClN7. The van der Waals surface area contributed by atoms with E-state index in [0.29, 0.717) is 17.9 Å². The zero-order valence-electron chi connectivity index (χ0n) is 11.3. The number of aromatic nitrogens is 6. The van der Waals surface area contributed by atoms with Gasteiger partial charge in [0.15, 0.2) is 0 Å². The fourth-order valence-electron chi connectivity index (χ4n) is 2.03. The van der Waals surface area contributed by atoms with Crippen molar-refractivity contribution < 1.29 is 0 Å². The van der Waals surface area contributed by atoms with Gasteiger partial charge in [-0.15, -0.1) is 0 Å². The highest BCUT2D eigenvalue weighted by Crippen LogP contribution is 2.30. The maximum Gasteiger partial charge on any atom is 0.258 e. The highest BCUT2D eigenvalue weighted by atomic mass is 35.5. The van der Waals surface area contributed by atoms with Crippen molar-refractivity contribution in [3.8, 4) is 5.95 Å².